The van der Waals surface area contributed by atoms with Crippen LogP contribution in [0.25, 0.3) is 16.6 Å². The molecule has 0 bridgehead atoms. The number of aromatic nitrogens is 2. The second kappa shape index (κ2) is 7.97. The SMILES string of the molecule is Cc1ccccc1-n1c(SCC(=O)OC(C)(C)C)nc2cc(Cl)ccc2c1=O. The van der Waals surface area contributed by atoms with Crippen LogP contribution in [0.1, 0.15) is 26.3 Å². The van der Waals surface area contributed by atoms with Crippen LogP contribution in [0.5, 0.6) is 0 Å². The zero-order valence-electron chi connectivity index (χ0n) is 16.2. The second-order valence-electron chi connectivity index (χ2n) is 7.36. The zero-order chi connectivity index (χ0) is 20.5. The minimum Gasteiger partial charge on any atom is -0.459 e. The Labute approximate surface area is 172 Å². The van der Waals surface area contributed by atoms with E-state index in [9.17, 15) is 9.59 Å². The molecule has 0 aliphatic carbocycles. The third-order valence-corrected chi connectivity index (χ3v) is 5.04. The molecule has 1 heterocycles. The molecule has 0 amide bonds. The van der Waals surface area contributed by atoms with Gasteiger partial charge in [-0.25, -0.2) is 4.98 Å². The molecule has 0 saturated heterocycles. The Bertz CT molecular complexity index is 1100. The van der Waals surface area contributed by atoms with Crippen molar-refractivity contribution >= 4 is 40.2 Å². The Kier molecular flexibility index (Phi) is 5.82. The number of halogens is 1. The van der Waals surface area contributed by atoms with Crippen molar-refractivity contribution in [2.24, 2.45) is 0 Å². The first-order chi connectivity index (χ1) is 13.2. The standard InChI is InChI=1S/C21H21ClN2O3S/c1-13-7-5-6-8-17(13)24-19(26)15-10-9-14(22)11-16(15)23-20(24)28-12-18(25)27-21(2,3)4/h5-11H,12H2,1-4H3. The number of fused-ring (bicyclic) bond motifs is 1. The lowest BCUT2D eigenvalue weighted by Crippen LogP contribution is -2.26. The molecule has 0 N–H and O–H groups in total. The van der Waals surface area contributed by atoms with Crippen LogP contribution in [-0.4, -0.2) is 26.9 Å². The van der Waals surface area contributed by atoms with Gasteiger partial charge in [-0.05, 0) is 57.5 Å². The Balaban J connectivity index is 2.11. The van der Waals surface area contributed by atoms with Gasteiger partial charge in [0.05, 0.1) is 22.3 Å². The summed E-state index contributed by atoms with van der Waals surface area (Å²) < 4.78 is 6.91. The lowest BCUT2D eigenvalue weighted by Gasteiger charge is -2.19. The molecule has 28 heavy (non-hydrogen) atoms. The molecule has 7 heteroatoms. The number of thioether (sulfide) groups is 1. The summed E-state index contributed by atoms with van der Waals surface area (Å²) in [5.74, 6) is -0.323. The van der Waals surface area contributed by atoms with Gasteiger partial charge in [0.2, 0.25) is 0 Å². The smallest absolute Gasteiger partial charge is 0.316 e. The van der Waals surface area contributed by atoms with E-state index in [-0.39, 0.29) is 17.3 Å². The van der Waals surface area contributed by atoms with E-state index < -0.39 is 5.60 Å². The number of carbonyl (C=O) groups is 1. The molecule has 3 rings (SSSR count). The lowest BCUT2D eigenvalue weighted by atomic mass is 10.2. The quantitative estimate of drug-likeness (QED) is 0.348. The molecule has 5 nitrogen and oxygen atoms in total. The van der Waals surface area contributed by atoms with Gasteiger partial charge in [0, 0.05) is 5.02 Å². The highest BCUT2D eigenvalue weighted by Gasteiger charge is 2.19. The van der Waals surface area contributed by atoms with Crippen molar-refractivity contribution in [2.45, 2.75) is 38.5 Å². The molecule has 2 aromatic carbocycles. The number of ether oxygens (including phenoxy) is 1. The summed E-state index contributed by atoms with van der Waals surface area (Å²) in [6, 6.07) is 12.5. The molecule has 3 aromatic rings. The van der Waals surface area contributed by atoms with Crippen molar-refractivity contribution in [3.05, 3.63) is 63.4 Å². The van der Waals surface area contributed by atoms with Gasteiger partial charge in [-0.3, -0.25) is 14.2 Å². The van der Waals surface area contributed by atoms with E-state index in [4.69, 9.17) is 16.3 Å². The van der Waals surface area contributed by atoms with Crippen LogP contribution in [0.3, 0.4) is 0 Å². The number of carbonyl (C=O) groups excluding carboxylic acids is 1. The van der Waals surface area contributed by atoms with Gasteiger partial charge < -0.3 is 4.74 Å². The zero-order valence-corrected chi connectivity index (χ0v) is 17.7. The van der Waals surface area contributed by atoms with Gasteiger partial charge in [-0.15, -0.1) is 0 Å². The van der Waals surface area contributed by atoms with E-state index in [0.29, 0.717) is 21.1 Å². The molecule has 0 fully saturated rings. The summed E-state index contributed by atoms with van der Waals surface area (Å²) in [6.45, 7) is 7.37. The summed E-state index contributed by atoms with van der Waals surface area (Å²) in [7, 11) is 0. The van der Waals surface area contributed by atoms with Crippen molar-refractivity contribution in [3.8, 4) is 5.69 Å². The van der Waals surface area contributed by atoms with Gasteiger partial charge in [0.15, 0.2) is 5.16 Å². The fourth-order valence-electron chi connectivity index (χ4n) is 2.76. The van der Waals surface area contributed by atoms with Gasteiger partial charge in [0.1, 0.15) is 5.60 Å². The van der Waals surface area contributed by atoms with E-state index in [0.717, 1.165) is 11.3 Å². The number of benzene rings is 2. The largest absolute Gasteiger partial charge is 0.459 e. The maximum absolute atomic E-state index is 13.2. The minimum absolute atomic E-state index is 0.0433. The molecule has 0 radical (unpaired) electrons. The summed E-state index contributed by atoms with van der Waals surface area (Å²) in [6.07, 6.45) is 0. The molecule has 0 atom stereocenters. The van der Waals surface area contributed by atoms with Crippen LogP contribution < -0.4 is 5.56 Å². The van der Waals surface area contributed by atoms with E-state index in [2.05, 4.69) is 4.98 Å². The minimum atomic E-state index is -0.572. The van der Waals surface area contributed by atoms with Gasteiger partial charge in [-0.2, -0.15) is 0 Å². The van der Waals surface area contributed by atoms with Crippen LogP contribution in [-0.2, 0) is 9.53 Å². The number of nitrogens with zero attached hydrogens (tertiary/aromatic N) is 2. The molecular weight excluding hydrogens is 396 g/mol. The Morgan fingerprint density at radius 3 is 2.61 bits per heavy atom. The third kappa shape index (κ3) is 4.56. The maximum atomic E-state index is 13.2. The average molecular weight is 417 g/mol. The molecule has 146 valence electrons. The molecule has 0 spiro atoms. The van der Waals surface area contributed by atoms with Crippen LogP contribution in [0, 0.1) is 6.92 Å². The van der Waals surface area contributed by atoms with E-state index in [1.807, 2.05) is 52.0 Å². The highest BCUT2D eigenvalue weighted by molar-refractivity contribution is 7.99. The Morgan fingerprint density at radius 2 is 1.93 bits per heavy atom. The van der Waals surface area contributed by atoms with Crippen LogP contribution in [0.4, 0.5) is 0 Å². The van der Waals surface area contributed by atoms with Gasteiger partial charge >= 0.3 is 5.97 Å². The average Bonchev–Trinajstić information content (AvgIpc) is 2.59. The molecule has 0 aliphatic rings. The fourth-order valence-corrected chi connectivity index (χ4v) is 3.70. The second-order valence-corrected chi connectivity index (χ2v) is 8.74. The number of rotatable bonds is 4. The number of esters is 1. The number of aryl methyl sites for hydroxylation is 1. The van der Waals surface area contributed by atoms with Gasteiger partial charge in [0.25, 0.3) is 5.56 Å². The topological polar surface area (TPSA) is 61.2 Å². The summed E-state index contributed by atoms with van der Waals surface area (Å²) in [5.41, 5.74) is 1.37. The summed E-state index contributed by atoms with van der Waals surface area (Å²) >= 11 is 7.24. The van der Waals surface area contributed by atoms with Crippen molar-refractivity contribution < 1.29 is 9.53 Å². The van der Waals surface area contributed by atoms with E-state index in [1.165, 1.54) is 11.8 Å². The molecule has 0 unspecified atom stereocenters. The predicted molar refractivity (Wildman–Crippen MR) is 114 cm³/mol. The number of hydrogen-bond donors (Lipinski definition) is 0. The van der Waals surface area contributed by atoms with Crippen molar-refractivity contribution in [2.75, 3.05) is 5.75 Å². The fraction of sp³-hybridized carbons (Fsp3) is 0.286. The monoisotopic (exact) mass is 416 g/mol. The van der Waals surface area contributed by atoms with E-state index in [1.54, 1.807) is 22.8 Å². The van der Waals surface area contributed by atoms with Crippen LogP contribution in [0.2, 0.25) is 5.02 Å². The summed E-state index contributed by atoms with van der Waals surface area (Å²) in [4.78, 5) is 30.0. The highest BCUT2D eigenvalue weighted by atomic mass is 35.5. The normalized spacial score (nSPS) is 11.6. The molecule has 0 saturated carbocycles. The van der Waals surface area contributed by atoms with Crippen LogP contribution in [0.15, 0.2) is 52.4 Å². The first-order valence-electron chi connectivity index (χ1n) is 8.79. The van der Waals surface area contributed by atoms with Crippen molar-refractivity contribution in [3.63, 3.8) is 0 Å². The van der Waals surface area contributed by atoms with Crippen molar-refractivity contribution in [1.29, 1.82) is 0 Å². The van der Waals surface area contributed by atoms with E-state index >= 15 is 0 Å². The Morgan fingerprint density at radius 1 is 1.21 bits per heavy atom. The highest BCUT2D eigenvalue weighted by Crippen LogP contribution is 2.25. The maximum Gasteiger partial charge on any atom is 0.316 e. The molecular formula is C21H21ClN2O3S. The summed E-state index contributed by atoms with van der Waals surface area (Å²) in [5, 5.41) is 1.38. The lowest BCUT2D eigenvalue weighted by molar-refractivity contribution is -0.151. The van der Waals surface area contributed by atoms with Gasteiger partial charge in [-0.1, -0.05) is 41.6 Å². The number of para-hydroxylation sites is 1. The first kappa shape index (κ1) is 20.4. The predicted octanol–water partition coefficient (Wildman–Crippen LogP) is 4.78. The first-order valence-corrected chi connectivity index (χ1v) is 10.1. The van der Waals surface area contributed by atoms with Crippen LogP contribution >= 0.6 is 23.4 Å². The number of hydrogen-bond acceptors (Lipinski definition) is 5. The Hall–Kier alpha value is -2.31. The molecule has 0 aliphatic heterocycles. The van der Waals surface area contributed by atoms with Crippen molar-refractivity contribution in [1.82, 2.24) is 9.55 Å². The third-order valence-electron chi connectivity index (χ3n) is 3.90. The molecule has 1 aromatic heterocycles.